The molecule has 2 N–H and O–H groups in total. The normalized spacial score (nSPS) is 10.9. The van der Waals surface area contributed by atoms with Crippen LogP contribution < -0.4 is 10.6 Å². The molecule has 4 nitrogen and oxygen atoms in total. The van der Waals surface area contributed by atoms with Crippen molar-refractivity contribution in [2.75, 3.05) is 0 Å². The van der Waals surface area contributed by atoms with Crippen LogP contribution in [0.25, 0.3) is 20.2 Å². The summed E-state index contributed by atoms with van der Waals surface area (Å²) in [5.41, 5.74) is 2.23. The van der Waals surface area contributed by atoms with Gasteiger partial charge in [-0.3, -0.25) is 9.59 Å². The second kappa shape index (κ2) is 6.38. The molecule has 3 aromatic rings. The minimum atomic E-state index is -0.0329. The number of hydrogen-bond acceptors (Lipinski definition) is 3. The highest BCUT2D eigenvalue weighted by molar-refractivity contribution is 7.26. The number of carbonyl (C=O) groups is 2. The topological polar surface area (TPSA) is 58.2 Å². The van der Waals surface area contributed by atoms with Crippen LogP contribution in [-0.2, 0) is 22.7 Å². The van der Waals surface area contributed by atoms with Gasteiger partial charge in [-0.15, -0.1) is 11.3 Å². The molecule has 0 saturated carbocycles. The molecular weight excluding hydrogens is 308 g/mol. The first-order chi connectivity index (χ1) is 11.1. The van der Waals surface area contributed by atoms with E-state index in [1.807, 2.05) is 24.3 Å². The van der Waals surface area contributed by atoms with E-state index in [4.69, 9.17) is 0 Å². The van der Waals surface area contributed by atoms with Gasteiger partial charge in [-0.05, 0) is 11.1 Å². The van der Waals surface area contributed by atoms with E-state index < -0.39 is 0 Å². The lowest BCUT2D eigenvalue weighted by atomic mass is 10.1. The van der Waals surface area contributed by atoms with Crippen molar-refractivity contribution in [3.8, 4) is 0 Å². The lowest BCUT2D eigenvalue weighted by Crippen LogP contribution is -2.18. The molecule has 0 radical (unpaired) electrons. The lowest BCUT2D eigenvalue weighted by molar-refractivity contribution is -0.119. The van der Waals surface area contributed by atoms with Gasteiger partial charge in [0.25, 0.3) is 0 Å². The summed E-state index contributed by atoms with van der Waals surface area (Å²) in [5.74, 6) is -0.0658. The van der Waals surface area contributed by atoms with Gasteiger partial charge in [-0.1, -0.05) is 36.4 Å². The number of rotatable bonds is 4. The third-order valence-corrected chi connectivity index (χ3v) is 5.12. The number of hydrogen-bond donors (Lipinski definition) is 2. The van der Waals surface area contributed by atoms with E-state index in [-0.39, 0.29) is 11.8 Å². The molecule has 0 saturated heterocycles. The molecule has 23 heavy (non-hydrogen) atoms. The third kappa shape index (κ3) is 3.19. The van der Waals surface area contributed by atoms with E-state index in [0.29, 0.717) is 13.1 Å². The maximum absolute atomic E-state index is 11.2. The Bertz CT molecular complexity index is 826. The number of amides is 2. The van der Waals surface area contributed by atoms with Gasteiger partial charge in [0, 0.05) is 47.1 Å². The molecule has 0 aliphatic carbocycles. The summed E-state index contributed by atoms with van der Waals surface area (Å²) in [6, 6.07) is 12.3. The average molecular weight is 326 g/mol. The fourth-order valence-corrected chi connectivity index (χ4v) is 3.98. The summed E-state index contributed by atoms with van der Waals surface area (Å²) >= 11 is 1.72. The predicted octanol–water partition coefficient (Wildman–Crippen LogP) is 3.33. The highest BCUT2D eigenvalue weighted by Gasteiger charge is 2.11. The van der Waals surface area contributed by atoms with E-state index in [2.05, 4.69) is 22.8 Å². The SMILES string of the molecule is CC(=O)NCc1cccc2c1sc1c(CNC(C)=O)cccc12. The van der Waals surface area contributed by atoms with Crippen LogP contribution >= 0.6 is 11.3 Å². The minimum Gasteiger partial charge on any atom is -0.352 e. The molecule has 2 aromatic carbocycles. The van der Waals surface area contributed by atoms with Crippen LogP contribution in [0.15, 0.2) is 36.4 Å². The monoisotopic (exact) mass is 326 g/mol. The molecule has 1 heterocycles. The van der Waals surface area contributed by atoms with Crippen LogP contribution in [0.1, 0.15) is 25.0 Å². The summed E-state index contributed by atoms with van der Waals surface area (Å²) in [6.45, 7) is 4.11. The van der Waals surface area contributed by atoms with Crippen molar-refractivity contribution in [1.29, 1.82) is 0 Å². The zero-order chi connectivity index (χ0) is 16.4. The first kappa shape index (κ1) is 15.5. The van der Waals surface area contributed by atoms with Crippen molar-refractivity contribution >= 4 is 43.3 Å². The molecule has 0 aliphatic rings. The summed E-state index contributed by atoms with van der Waals surface area (Å²) in [6.07, 6.45) is 0. The maximum Gasteiger partial charge on any atom is 0.217 e. The van der Waals surface area contributed by atoms with Gasteiger partial charge in [0.15, 0.2) is 0 Å². The number of nitrogens with one attached hydrogen (secondary N) is 2. The number of thiophene rings is 1. The minimum absolute atomic E-state index is 0.0329. The van der Waals surface area contributed by atoms with Gasteiger partial charge < -0.3 is 10.6 Å². The zero-order valence-electron chi connectivity index (χ0n) is 13.1. The fraction of sp³-hybridized carbons (Fsp3) is 0.222. The molecule has 0 atom stereocenters. The molecule has 0 fully saturated rings. The van der Waals surface area contributed by atoms with Crippen molar-refractivity contribution < 1.29 is 9.59 Å². The molecule has 1 aromatic heterocycles. The average Bonchev–Trinajstić information content (AvgIpc) is 2.90. The van der Waals surface area contributed by atoms with Crippen molar-refractivity contribution in [3.63, 3.8) is 0 Å². The summed E-state index contributed by atoms with van der Waals surface area (Å²) in [7, 11) is 0. The Labute approximate surface area is 138 Å². The molecule has 0 spiro atoms. The Morgan fingerprint density at radius 2 is 1.26 bits per heavy atom. The third-order valence-electron chi connectivity index (χ3n) is 3.74. The zero-order valence-corrected chi connectivity index (χ0v) is 13.9. The quantitative estimate of drug-likeness (QED) is 0.772. The molecule has 3 rings (SSSR count). The van der Waals surface area contributed by atoms with Crippen LogP contribution in [0, 0.1) is 0 Å². The van der Waals surface area contributed by atoms with E-state index in [1.165, 1.54) is 34.0 Å². The highest BCUT2D eigenvalue weighted by Crippen LogP contribution is 2.37. The molecule has 118 valence electrons. The van der Waals surface area contributed by atoms with E-state index in [1.54, 1.807) is 11.3 Å². The smallest absolute Gasteiger partial charge is 0.217 e. The Kier molecular flexibility index (Phi) is 4.30. The second-order valence-electron chi connectivity index (χ2n) is 5.51. The lowest BCUT2D eigenvalue weighted by Gasteiger charge is -2.03. The second-order valence-corrected chi connectivity index (χ2v) is 6.53. The van der Waals surface area contributed by atoms with Crippen LogP contribution in [0.2, 0.25) is 0 Å². The van der Waals surface area contributed by atoms with Crippen molar-refractivity contribution in [2.24, 2.45) is 0 Å². The maximum atomic E-state index is 11.2. The van der Waals surface area contributed by atoms with Gasteiger partial charge in [-0.25, -0.2) is 0 Å². The Balaban J connectivity index is 2.09. The largest absolute Gasteiger partial charge is 0.352 e. The standard InChI is InChI=1S/C18H18N2O2S/c1-11(21)19-9-13-5-3-7-15-16-8-4-6-14(10-20-12(2)22)18(16)23-17(13)15/h3-8H,9-10H2,1-2H3,(H,19,21)(H,20,22). The van der Waals surface area contributed by atoms with Crippen molar-refractivity contribution in [2.45, 2.75) is 26.9 Å². The predicted molar refractivity (Wildman–Crippen MR) is 94.4 cm³/mol. The Hall–Kier alpha value is -2.40. The van der Waals surface area contributed by atoms with E-state index >= 15 is 0 Å². The fourth-order valence-electron chi connectivity index (χ4n) is 2.65. The molecule has 0 aliphatic heterocycles. The van der Waals surface area contributed by atoms with Gasteiger partial charge in [0.05, 0.1) is 0 Å². The van der Waals surface area contributed by atoms with Crippen molar-refractivity contribution in [3.05, 3.63) is 47.5 Å². The number of fused-ring (bicyclic) bond motifs is 3. The van der Waals surface area contributed by atoms with Crippen LogP contribution in [0.5, 0.6) is 0 Å². The van der Waals surface area contributed by atoms with Gasteiger partial charge in [0.2, 0.25) is 11.8 Å². The Morgan fingerprint density at radius 3 is 1.65 bits per heavy atom. The van der Waals surface area contributed by atoms with E-state index in [0.717, 1.165) is 11.1 Å². The summed E-state index contributed by atoms with van der Waals surface area (Å²) in [4.78, 5) is 22.4. The van der Waals surface area contributed by atoms with Gasteiger partial charge >= 0.3 is 0 Å². The van der Waals surface area contributed by atoms with Crippen LogP contribution in [0.3, 0.4) is 0 Å². The molecule has 5 heteroatoms. The van der Waals surface area contributed by atoms with Gasteiger partial charge in [0.1, 0.15) is 0 Å². The molecule has 2 amide bonds. The summed E-state index contributed by atoms with van der Waals surface area (Å²) in [5, 5.41) is 8.11. The van der Waals surface area contributed by atoms with Gasteiger partial charge in [-0.2, -0.15) is 0 Å². The van der Waals surface area contributed by atoms with Crippen molar-refractivity contribution in [1.82, 2.24) is 10.6 Å². The van der Waals surface area contributed by atoms with Crippen LogP contribution in [-0.4, -0.2) is 11.8 Å². The molecular formula is C18H18N2O2S. The number of carbonyl (C=O) groups excluding carboxylic acids is 2. The first-order valence-corrected chi connectivity index (χ1v) is 8.29. The first-order valence-electron chi connectivity index (χ1n) is 7.47. The molecule has 0 bridgehead atoms. The summed E-state index contributed by atoms with van der Waals surface area (Å²) < 4.78 is 2.37. The number of benzene rings is 2. The Morgan fingerprint density at radius 1 is 0.826 bits per heavy atom. The van der Waals surface area contributed by atoms with E-state index in [9.17, 15) is 9.59 Å². The molecule has 0 unspecified atom stereocenters. The highest BCUT2D eigenvalue weighted by atomic mass is 32.1. The van der Waals surface area contributed by atoms with Crippen LogP contribution in [0.4, 0.5) is 0 Å².